The molecule has 0 aliphatic carbocycles. The second-order valence-electron chi connectivity index (χ2n) is 0.793. The highest BCUT2D eigenvalue weighted by molar-refractivity contribution is 4.00. The highest BCUT2D eigenvalue weighted by atomic mass is 17.2. The van der Waals surface area contributed by atoms with Crippen LogP contribution in [0.5, 0.6) is 0 Å². The Morgan fingerprint density at radius 3 is 2.60 bits per heavy atom. The predicted octanol–water partition coefficient (Wildman–Crippen LogP) is -0.0384. The molecule has 10 nitrogen and oxygen atoms in total. The second kappa shape index (κ2) is 5.30. The van der Waals surface area contributed by atoms with Crippen LogP contribution in [0.15, 0.2) is 26.1 Å². The van der Waals surface area contributed by atoms with E-state index in [1.807, 2.05) is 0 Å². The first-order chi connectivity index (χ1) is 4.81. The quantitative estimate of drug-likeness (QED) is 0.251. The van der Waals surface area contributed by atoms with Gasteiger partial charge in [-0.3, -0.25) is 5.26 Å². The average Bonchev–Trinajstić information content (AvgIpc) is 1.98. The maximum Gasteiger partial charge on any atom is 0.230 e. The summed E-state index contributed by atoms with van der Waals surface area (Å²) in [5.41, 5.74) is 0. The van der Waals surface area contributed by atoms with Crippen molar-refractivity contribution < 1.29 is 15.3 Å². The molecule has 0 saturated heterocycles. The summed E-state index contributed by atoms with van der Waals surface area (Å²) in [5.74, 6) is 4.47. The normalized spacial score (nSPS) is 13.1. The van der Waals surface area contributed by atoms with Crippen molar-refractivity contribution in [3.63, 3.8) is 0 Å². The van der Waals surface area contributed by atoms with Crippen molar-refractivity contribution in [1.29, 1.82) is 0 Å². The Balaban J connectivity index is 3.70. The zero-order valence-corrected chi connectivity index (χ0v) is 4.52. The van der Waals surface area contributed by atoms with Crippen molar-refractivity contribution in [2.45, 2.75) is 0 Å². The van der Waals surface area contributed by atoms with Gasteiger partial charge < -0.3 is 16.0 Å². The SMILES string of the molecule is NN=NN=NN=[N+]([O-])OO. The van der Waals surface area contributed by atoms with Gasteiger partial charge in [-0.2, -0.15) is 0 Å². The molecule has 0 aliphatic rings. The van der Waals surface area contributed by atoms with Crippen molar-refractivity contribution in [1.82, 2.24) is 0 Å². The molecule has 0 spiro atoms. The predicted molar refractivity (Wildman–Crippen MR) is 23.7 cm³/mol. The minimum Gasteiger partial charge on any atom is -0.337 e. The molecule has 10 heteroatoms. The van der Waals surface area contributed by atoms with Crippen molar-refractivity contribution in [3.8, 4) is 0 Å². The first kappa shape index (κ1) is 8.16. The van der Waals surface area contributed by atoms with Gasteiger partial charge in [-0.15, -0.1) is 0 Å². The standard InChI is InChI=1S/H3N7O3/c1-2-3-4-5-6-7(8)10-9/h9H,(H2,1,3,5). The molecule has 0 unspecified atom stereocenters. The van der Waals surface area contributed by atoms with E-state index in [1.54, 1.807) is 0 Å². The molecule has 0 radical (unpaired) electrons. The first-order valence-corrected chi connectivity index (χ1v) is 1.81. The summed E-state index contributed by atoms with van der Waals surface area (Å²) in [4.78, 5) is 2.98. The molecule has 10 heavy (non-hydrogen) atoms. The third-order valence-corrected chi connectivity index (χ3v) is 0.315. The van der Waals surface area contributed by atoms with E-state index in [1.165, 1.54) is 0 Å². The van der Waals surface area contributed by atoms with E-state index < -0.39 is 5.02 Å². The molecule has 0 rings (SSSR count). The molecule has 0 heterocycles. The molecular weight excluding hydrogens is 146 g/mol. The van der Waals surface area contributed by atoms with E-state index >= 15 is 0 Å². The monoisotopic (exact) mass is 149 g/mol. The van der Waals surface area contributed by atoms with Crippen molar-refractivity contribution in [3.05, 3.63) is 5.21 Å². The Bertz CT molecular complexity index is 156. The van der Waals surface area contributed by atoms with Gasteiger partial charge in [-0.25, -0.2) is 0 Å². The van der Waals surface area contributed by atoms with Gasteiger partial charge in [0.25, 0.3) is 0 Å². The van der Waals surface area contributed by atoms with E-state index in [2.05, 4.69) is 36.9 Å². The Morgan fingerprint density at radius 2 is 2.10 bits per heavy atom. The molecule has 0 aromatic carbocycles. The maximum absolute atomic E-state index is 9.80. The van der Waals surface area contributed by atoms with Crippen LogP contribution >= 0.6 is 0 Å². The summed E-state index contributed by atoms with van der Waals surface area (Å²) in [6.45, 7) is 0. The van der Waals surface area contributed by atoms with Gasteiger partial charge in [0.1, 0.15) is 5.22 Å². The van der Waals surface area contributed by atoms with Crippen molar-refractivity contribution in [2.75, 3.05) is 0 Å². The minimum absolute atomic E-state index is 0.602. The Morgan fingerprint density at radius 1 is 1.40 bits per heavy atom. The molecular formula is H3N7O3. The van der Waals surface area contributed by atoms with Gasteiger partial charge in [0.05, 0.1) is 5.02 Å². The van der Waals surface area contributed by atoms with Crippen LogP contribution in [0.2, 0.25) is 0 Å². The van der Waals surface area contributed by atoms with E-state index in [0.29, 0.717) is 0 Å². The summed E-state index contributed by atoms with van der Waals surface area (Å²) in [6.07, 6.45) is 0. The van der Waals surface area contributed by atoms with Crippen LogP contribution in [0.1, 0.15) is 0 Å². The molecule has 0 aromatic rings. The van der Waals surface area contributed by atoms with Gasteiger partial charge in [-0.1, -0.05) is 5.22 Å². The van der Waals surface area contributed by atoms with Crippen molar-refractivity contribution >= 4 is 0 Å². The number of hydrogen-bond donors (Lipinski definition) is 2. The zero-order chi connectivity index (χ0) is 7.82. The summed E-state index contributed by atoms with van der Waals surface area (Å²) >= 11 is 0. The van der Waals surface area contributed by atoms with Gasteiger partial charge in [-0.05, 0) is 0 Å². The third kappa shape index (κ3) is 4.32. The number of hydrogen-bond acceptors (Lipinski definition) is 4. The zero-order valence-electron chi connectivity index (χ0n) is 4.52. The second-order valence-corrected chi connectivity index (χ2v) is 0.793. The summed E-state index contributed by atoms with van der Waals surface area (Å²) in [6, 6.07) is 0. The van der Waals surface area contributed by atoms with E-state index in [0.717, 1.165) is 0 Å². The highest BCUT2D eigenvalue weighted by Gasteiger charge is 1.84. The smallest absolute Gasteiger partial charge is 0.230 e. The average molecular weight is 149 g/mol. The van der Waals surface area contributed by atoms with Crippen LogP contribution in [0.25, 0.3) is 0 Å². The maximum atomic E-state index is 9.80. The lowest BCUT2D eigenvalue weighted by atomic mass is 12.4. The van der Waals surface area contributed by atoms with E-state index in [9.17, 15) is 5.21 Å². The van der Waals surface area contributed by atoms with Gasteiger partial charge in [0.15, 0.2) is 0 Å². The van der Waals surface area contributed by atoms with Crippen LogP contribution in [-0.4, -0.2) is 10.3 Å². The highest BCUT2D eigenvalue weighted by Crippen LogP contribution is 1.80. The molecule has 56 valence electrons. The molecule has 0 atom stereocenters. The minimum atomic E-state index is -0.602. The number of rotatable bonds is 3. The molecule has 0 bridgehead atoms. The van der Waals surface area contributed by atoms with E-state index in [4.69, 9.17) is 5.26 Å². The van der Waals surface area contributed by atoms with E-state index in [-0.39, 0.29) is 0 Å². The fourth-order valence-electron chi connectivity index (χ4n) is 0.108. The Labute approximate surface area is 53.7 Å². The van der Waals surface area contributed by atoms with Gasteiger partial charge >= 0.3 is 0 Å². The van der Waals surface area contributed by atoms with Crippen LogP contribution in [0.4, 0.5) is 0 Å². The number of nitrogens with zero attached hydrogens (tertiary/aromatic N) is 6. The van der Waals surface area contributed by atoms with Crippen LogP contribution < -0.4 is 5.84 Å². The fourth-order valence-corrected chi connectivity index (χ4v) is 0.108. The summed E-state index contributed by atoms with van der Waals surface area (Å²) in [7, 11) is 0. The molecule has 0 aromatic heterocycles. The van der Waals surface area contributed by atoms with Crippen molar-refractivity contribution in [2.24, 2.45) is 32.0 Å². The Kier molecular flexibility index (Phi) is 4.32. The summed E-state index contributed by atoms with van der Waals surface area (Å²) < 4.78 is 0. The molecule has 0 saturated carbocycles. The third-order valence-electron chi connectivity index (χ3n) is 0.315. The molecule has 0 amide bonds. The van der Waals surface area contributed by atoms with Crippen LogP contribution in [0.3, 0.4) is 0 Å². The topological polar surface area (TPSA) is 143 Å². The van der Waals surface area contributed by atoms with Crippen LogP contribution in [-0.2, 0) is 4.99 Å². The Hall–Kier alpha value is -1.84. The summed E-state index contributed by atoms with van der Waals surface area (Å²) in [5, 5.41) is 30.0. The van der Waals surface area contributed by atoms with Gasteiger partial charge in [0.2, 0.25) is 10.4 Å². The lowest BCUT2D eigenvalue weighted by molar-refractivity contribution is -0.873. The molecule has 0 fully saturated rings. The fraction of sp³-hybridized carbons (Fsp3) is 0. The van der Waals surface area contributed by atoms with Gasteiger partial charge in [0, 0.05) is 5.22 Å². The number of nitrogens with two attached hydrogens (primary N) is 1. The van der Waals surface area contributed by atoms with Crippen LogP contribution in [0, 0.1) is 5.21 Å². The molecule has 0 aliphatic heterocycles. The largest absolute Gasteiger partial charge is 0.337 e. The molecule has 3 N–H and O–H groups in total. The first-order valence-electron chi connectivity index (χ1n) is 1.81. The lowest BCUT2D eigenvalue weighted by Gasteiger charge is -1.90. The lowest BCUT2D eigenvalue weighted by Crippen LogP contribution is -1.95.